The first-order chi connectivity index (χ1) is 7.09. The lowest BCUT2D eigenvalue weighted by Gasteiger charge is -2.19. The molecule has 0 aromatic heterocycles. The van der Waals surface area contributed by atoms with E-state index in [4.69, 9.17) is 0 Å². The largest absolute Gasteiger partial charge is 0.337 e. The molecule has 0 aromatic carbocycles. The molecule has 1 aliphatic heterocycles. The molecule has 1 aliphatic rings. The molecule has 0 aliphatic carbocycles. The normalized spacial score (nSPS) is 21.3. The number of amides is 2. The summed E-state index contributed by atoms with van der Waals surface area (Å²) in [6.45, 7) is 3.30. The Morgan fingerprint density at radius 1 is 1.40 bits per heavy atom. The fraction of sp³-hybridized carbons (Fsp3) is 0.800. The fourth-order valence-electron chi connectivity index (χ4n) is 1.71. The van der Waals surface area contributed by atoms with Gasteiger partial charge in [0.1, 0.15) is 5.78 Å². The number of hydrogen-bond acceptors (Lipinski definition) is 3. The second kappa shape index (κ2) is 5.70. The molecule has 1 rings (SSSR count). The van der Waals surface area contributed by atoms with E-state index >= 15 is 0 Å². The van der Waals surface area contributed by atoms with E-state index in [1.54, 1.807) is 0 Å². The molecule has 0 radical (unpaired) electrons. The van der Waals surface area contributed by atoms with Crippen LogP contribution in [0.5, 0.6) is 0 Å². The standard InChI is InChI=1S/C10H19N3O2/c1-8(14)6-11-10(15)12-7-9-4-3-5-13(9)2/h9H,3-7H2,1-2H3,(H2,11,12,15). The van der Waals surface area contributed by atoms with Gasteiger partial charge >= 0.3 is 6.03 Å². The molecule has 15 heavy (non-hydrogen) atoms. The van der Waals surface area contributed by atoms with Gasteiger partial charge in [0.2, 0.25) is 0 Å². The fourth-order valence-corrected chi connectivity index (χ4v) is 1.71. The van der Waals surface area contributed by atoms with Gasteiger partial charge in [-0.05, 0) is 33.4 Å². The Balaban J connectivity index is 2.13. The molecule has 0 spiro atoms. The van der Waals surface area contributed by atoms with E-state index in [2.05, 4.69) is 22.6 Å². The summed E-state index contributed by atoms with van der Waals surface area (Å²) in [5.41, 5.74) is 0. The minimum Gasteiger partial charge on any atom is -0.337 e. The maximum Gasteiger partial charge on any atom is 0.315 e. The summed E-state index contributed by atoms with van der Waals surface area (Å²) in [6, 6.07) is 0.179. The molecule has 1 heterocycles. The number of carbonyl (C=O) groups excluding carboxylic acids is 2. The molecule has 86 valence electrons. The topological polar surface area (TPSA) is 61.4 Å². The van der Waals surface area contributed by atoms with Crippen LogP contribution in [-0.2, 0) is 4.79 Å². The van der Waals surface area contributed by atoms with E-state index in [0.29, 0.717) is 12.6 Å². The lowest BCUT2D eigenvalue weighted by atomic mass is 10.2. The summed E-state index contributed by atoms with van der Waals surface area (Å²) in [7, 11) is 2.06. The minimum absolute atomic E-state index is 0.0388. The SMILES string of the molecule is CC(=O)CNC(=O)NCC1CCCN1C. The van der Waals surface area contributed by atoms with E-state index in [9.17, 15) is 9.59 Å². The summed E-state index contributed by atoms with van der Waals surface area (Å²) in [5.74, 6) is -0.0388. The van der Waals surface area contributed by atoms with Gasteiger partial charge in [-0.15, -0.1) is 0 Å². The number of carbonyl (C=O) groups is 2. The van der Waals surface area contributed by atoms with Crippen LogP contribution >= 0.6 is 0 Å². The minimum atomic E-state index is -0.259. The summed E-state index contributed by atoms with van der Waals surface area (Å²) < 4.78 is 0. The number of urea groups is 1. The second-order valence-corrected chi connectivity index (χ2v) is 4.04. The molecule has 1 unspecified atom stereocenters. The van der Waals surface area contributed by atoms with Crippen LogP contribution in [0.2, 0.25) is 0 Å². The monoisotopic (exact) mass is 213 g/mol. The Morgan fingerprint density at radius 2 is 2.13 bits per heavy atom. The highest BCUT2D eigenvalue weighted by molar-refractivity contribution is 5.83. The van der Waals surface area contributed by atoms with Crippen LogP contribution in [0.25, 0.3) is 0 Å². The number of likely N-dealkylation sites (N-methyl/N-ethyl adjacent to an activating group) is 1. The predicted molar refractivity (Wildman–Crippen MR) is 57.7 cm³/mol. The van der Waals surface area contributed by atoms with E-state index in [1.165, 1.54) is 13.3 Å². The van der Waals surface area contributed by atoms with Crippen molar-refractivity contribution in [3.8, 4) is 0 Å². The maximum atomic E-state index is 11.2. The molecule has 1 saturated heterocycles. The van der Waals surface area contributed by atoms with Crippen molar-refractivity contribution in [3.63, 3.8) is 0 Å². The number of rotatable bonds is 4. The molecule has 5 nitrogen and oxygen atoms in total. The first kappa shape index (κ1) is 12.0. The third-order valence-electron chi connectivity index (χ3n) is 2.67. The van der Waals surface area contributed by atoms with E-state index in [0.717, 1.165) is 13.0 Å². The Bertz CT molecular complexity index is 243. The van der Waals surface area contributed by atoms with Crippen LogP contribution < -0.4 is 10.6 Å². The molecule has 2 N–H and O–H groups in total. The van der Waals surface area contributed by atoms with Crippen LogP contribution in [0.1, 0.15) is 19.8 Å². The zero-order valence-corrected chi connectivity index (χ0v) is 9.38. The summed E-state index contributed by atoms with van der Waals surface area (Å²) in [4.78, 5) is 24.1. The lowest BCUT2D eigenvalue weighted by Crippen LogP contribution is -2.43. The number of ketones is 1. The van der Waals surface area contributed by atoms with Crippen molar-refractivity contribution in [2.24, 2.45) is 0 Å². The van der Waals surface area contributed by atoms with E-state index < -0.39 is 0 Å². The highest BCUT2D eigenvalue weighted by Crippen LogP contribution is 2.13. The third-order valence-corrected chi connectivity index (χ3v) is 2.67. The van der Waals surface area contributed by atoms with E-state index in [-0.39, 0.29) is 18.4 Å². The average Bonchev–Trinajstić information content (AvgIpc) is 2.58. The van der Waals surface area contributed by atoms with Gasteiger partial charge in [0, 0.05) is 12.6 Å². The van der Waals surface area contributed by atoms with Crippen molar-refractivity contribution in [1.29, 1.82) is 0 Å². The van der Waals surface area contributed by atoms with Gasteiger partial charge in [-0.2, -0.15) is 0 Å². The molecule has 0 saturated carbocycles. The van der Waals surface area contributed by atoms with Crippen molar-refractivity contribution < 1.29 is 9.59 Å². The van der Waals surface area contributed by atoms with Crippen molar-refractivity contribution in [1.82, 2.24) is 15.5 Å². The van der Waals surface area contributed by atoms with Crippen LogP contribution in [-0.4, -0.2) is 49.4 Å². The highest BCUT2D eigenvalue weighted by Gasteiger charge is 2.20. The zero-order chi connectivity index (χ0) is 11.3. The van der Waals surface area contributed by atoms with Crippen molar-refractivity contribution in [3.05, 3.63) is 0 Å². The van der Waals surface area contributed by atoms with Gasteiger partial charge in [-0.1, -0.05) is 0 Å². The number of hydrogen-bond donors (Lipinski definition) is 2. The van der Waals surface area contributed by atoms with Crippen LogP contribution in [0, 0.1) is 0 Å². The molecule has 1 fully saturated rings. The van der Waals surface area contributed by atoms with Crippen molar-refractivity contribution >= 4 is 11.8 Å². The van der Waals surface area contributed by atoms with Crippen molar-refractivity contribution in [2.45, 2.75) is 25.8 Å². The van der Waals surface area contributed by atoms with Crippen LogP contribution in [0.4, 0.5) is 4.79 Å². The van der Waals surface area contributed by atoms with Gasteiger partial charge in [0.25, 0.3) is 0 Å². The van der Waals surface area contributed by atoms with Crippen molar-refractivity contribution in [2.75, 3.05) is 26.7 Å². The summed E-state index contributed by atoms with van der Waals surface area (Å²) >= 11 is 0. The third kappa shape index (κ3) is 4.29. The number of nitrogens with one attached hydrogen (secondary N) is 2. The summed E-state index contributed by atoms with van der Waals surface area (Å²) in [5, 5.41) is 5.27. The highest BCUT2D eigenvalue weighted by atomic mass is 16.2. The van der Waals surface area contributed by atoms with Gasteiger partial charge in [0.15, 0.2) is 0 Å². The first-order valence-corrected chi connectivity index (χ1v) is 5.31. The van der Waals surface area contributed by atoms with Crippen LogP contribution in [0.3, 0.4) is 0 Å². The second-order valence-electron chi connectivity index (χ2n) is 4.04. The average molecular weight is 213 g/mol. The molecule has 1 atom stereocenters. The molecule has 0 aromatic rings. The quantitative estimate of drug-likeness (QED) is 0.689. The first-order valence-electron chi connectivity index (χ1n) is 5.31. The van der Waals surface area contributed by atoms with Gasteiger partial charge in [-0.3, -0.25) is 4.79 Å². The smallest absolute Gasteiger partial charge is 0.315 e. The lowest BCUT2D eigenvalue weighted by molar-refractivity contribution is -0.116. The number of likely N-dealkylation sites (tertiary alicyclic amines) is 1. The van der Waals surface area contributed by atoms with Gasteiger partial charge in [-0.25, -0.2) is 4.79 Å². The molecule has 2 amide bonds. The maximum absolute atomic E-state index is 11.2. The van der Waals surface area contributed by atoms with E-state index in [1.807, 2.05) is 0 Å². The molecule has 0 bridgehead atoms. The molecular weight excluding hydrogens is 194 g/mol. The predicted octanol–water partition coefficient (Wildman–Crippen LogP) is -0.0312. The summed E-state index contributed by atoms with van der Waals surface area (Å²) in [6.07, 6.45) is 2.32. The zero-order valence-electron chi connectivity index (χ0n) is 9.38. The Hall–Kier alpha value is -1.10. The van der Waals surface area contributed by atoms with Gasteiger partial charge in [0.05, 0.1) is 6.54 Å². The van der Waals surface area contributed by atoms with Gasteiger partial charge < -0.3 is 15.5 Å². The van der Waals surface area contributed by atoms with Crippen LogP contribution in [0.15, 0.2) is 0 Å². The number of nitrogens with zero attached hydrogens (tertiary/aromatic N) is 1. The Labute approximate surface area is 90.2 Å². The molecular formula is C10H19N3O2. The molecule has 5 heteroatoms. The number of Topliss-reactive ketones (excluding diaryl/α,β-unsaturated/α-hetero) is 1. The Morgan fingerprint density at radius 3 is 2.67 bits per heavy atom. The Kier molecular flexibility index (Phi) is 4.55.